The van der Waals surface area contributed by atoms with Crippen molar-refractivity contribution >= 4 is 28.0 Å². The van der Waals surface area contributed by atoms with Crippen LogP contribution in [0.5, 0.6) is 0 Å². The van der Waals surface area contributed by atoms with Crippen molar-refractivity contribution in [3.63, 3.8) is 0 Å². The molecule has 2 aromatic rings. The van der Waals surface area contributed by atoms with Crippen molar-refractivity contribution in [3.8, 4) is 0 Å². The van der Waals surface area contributed by atoms with Gasteiger partial charge in [-0.25, -0.2) is 9.78 Å². The first-order valence-electron chi connectivity index (χ1n) is 8.54. The number of allylic oxidation sites excluding steroid dienone is 1. The van der Waals surface area contributed by atoms with Crippen molar-refractivity contribution in [2.24, 2.45) is 0 Å². The minimum atomic E-state index is -0.212. The number of aromatic nitrogens is 1. The maximum atomic E-state index is 12.7. The molecule has 1 atom stereocenters. The number of hydrogen-bond donors (Lipinski definition) is 0. The highest BCUT2D eigenvalue weighted by Gasteiger charge is 2.34. The maximum Gasteiger partial charge on any atom is 0.334 e. The highest BCUT2D eigenvalue weighted by atomic mass is 32.1. The zero-order valence-corrected chi connectivity index (χ0v) is 16.2. The van der Waals surface area contributed by atoms with Crippen LogP contribution < -0.4 is 4.90 Å². The zero-order valence-electron chi connectivity index (χ0n) is 15.4. The number of benzene rings is 1. The lowest BCUT2D eigenvalue weighted by Crippen LogP contribution is -2.21. The lowest BCUT2D eigenvalue weighted by Gasteiger charge is -2.26. The van der Waals surface area contributed by atoms with E-state index in [0.717, 1.165) is 38.8 Å². The van der Waals surface area contributed by atoms with Crippen molar-refractivity contribution in [3.05, 3.63) is 51.5 Å². The van der Waals surface area contributed by atoms with Gasteiger partial charge in [-0.05, 0) is 31.9 Å². The lowest BCUT2D eigenvalue weighted by atomic mass is 9.80. The van der Waals surface area contributed by atoms with Gasteiger partial charge in [0.15, 0.2) is 5.13 Å². The van der Waals surface area contributed by atoms with Gasteiger partial charge in [-0.2, -0.15) is 0 Å². The molecule has 1 heterocycles. The first-order valence-corrected chi connectivity index (χ1v) is 9.35. The number of rotatable bonds is 4. The lowest BCUT2D eigenvalue weighted by molar-refractivity contribution is -0.138. The normalized spacial score (nSPS) is 16.6. The average molecular weight is 356 g/mol. The van der Waals surface area contributed by atoms with E-state index in [9.17, 15) is 4.79 Å². The molecule has 1 aliphatic rings. The second-order valence-electron chi connectivity index (χ2n) is 6.59. The molecule has 25 heavy (non-hydrogen) atoms. The molecule has 3 rings (SSSR count). The molecule has 0 N–H and O–H groups in total. The second kappa shape index (κ2) is 7.00. The predicted octanol–water partition coefficient (Wildman–Crippen LogP) is 4.19. The molecule has 5 heteroatoms. The molecule has 132 valence electrons. The molecule has 0 fully saturated rings. The Kier molecular flexibility index (Phi) is 4.95. The summed E-state index contributed by atoms with van der Waals surface area (Å²) in [5, 5.41) is 0.970. The largest absolute Gasteiger partial charge is 0.463 e. The van der Waals surface area contributed by atoms with Crippen LogP contribution in [0.1, 0.15) is 41.5 Å². The number of carbonyl (C=O) groups excluding carboxylic acids is 1. The van der Waals surface area contributed by atoms with Crippen LogP contribution in [0.2, 0.25) is 0 Å². The van der Waals surface area contributed by atoms with E-state index in [1.54, 1.807) is 11.3 Å². The summed E-state index contributed by atoms with van der Waals surface area (Å²) in [7, 11) is 3.99. The number of fused-ring (bicyclic) bond motifs is 1. The highest BCUT2D eigenvalue weighted by Crippen LogP contribution is 2.44. The Labute approximate surface area is 153 Å². The molecule has 1 aromatic heterocycles. The van der Waals surface area contributed by atoms with Gasteiger partial charge in [-0.1, -0.05) is 41.2 Å². The monoisotopic (exact) mass is 356 g/mol. The molecular formula is C20H24N2O2S. The van der Waals surface area contributed by atoms with Crippen LogP contribution in [-0.2, 0) is 16.0 Å². The van der Waals surface area contributed by atoms with Gasteiger partial charge in [-0.15, -0.1) is 0 Å². The number of carbonyl (C=O) groups is 1. The molecule has 0 saturated heterocycles. The summed E-state index contributed by atoms with van der Waals surface area (Å²) in [4.78, 5) is 20.6. The van der Waals surface area contributed by atoms with E-state index < -0.39 is 0 Å². The Balaban J connectivity index is 2.12. The number of ether oxygens (including phenoxy) is 1. The molecule has 0 radical (unpaired) electrons. The van der Waals surface area contributed by atoms with E-state index in [4.69, 9.17) is 9.72 Å². The summed E-state index contributed by atoms with van der Waals surface area (Å²) in [5.74, 6) is -0.222. The van der Waals surface area contributed by atoms with Gasteiger partial charge in [0.1, 0.15) is 0 Å². The van der Waals surface area contributed by atoms with E-state index in [2.05, 4.69) is 31.2 Å². The Morgan fingerprint density at radius 1 is 1.28 bits per heavy atom. The molecule has 0 amide bonds. The Bertz CT molecular complexity index is 819. The number of thiazole rings is 1. The first kappa shape index (κ1) is 17.7. The van der Waals surface area contributed by atoms with Crippen molar-refractivity contribution in [2.45, 2.75) is 33.1 Å². The standard InChI is InChI=1S/C20H24N2O2S/c1-6-24-19(23)17-13(3)18-16(21-20(25-18)22(4)5)11-15(17)14-9-7-12(2)8-10-14/h7-10,15H,6,11H2,1-5H3. The highest BCUT2D eigenvalue weighted by molar-refractivity contribution is 7.16. The van der Waals surface area contributed by atoms with Crippen LogP contribution in [0, 0.1) is 6.92 Å². The summed E-state index contributed by atoms with van der Waals surface area (Å²) < 4.78 is 5.37. The SMILES string of the molecule is CCOC(=O)C1=C(C)c2sc(N(C)C)nc2CC1c1ccc(C)cc1. The fourth-order valence-corrected chi connectivity index (χ4v) is 4.26. The zero-order chi connectivity index (χ0) is 18.1. The minimum Gasteiger partial charge on any atom is -0.463 e. The number of anilines is 1. The van der Waals surface area contributed by atoms with Gasteiger partial charge in [0.05, 0.1) is 17.2 Å². The molecule has 0 aliphatic heterocycles. The van der Waals surface area contributed by atoms with Crippen LogP contribution in [0.25, 0.3) is 5.57 Å². The van der Waals surface area contributed by atoms with Crippen molar-refractivity contribution in [2.75, 3.05) is 25.6 Å². The topological polar surface area (TPSA) is 42.4 Å². The fourth-order valence-electron chi connectivity index (χ4n) is 3.23. The molecule has 1 unspecified atom stereocenters. The molecule has 4 nitrogen and oxygen atoms in total. The van der Waals surface area contributed by atoms with Crippen LogP contribution in [-0.4, -0.2) is 31.7 Å². The summed E-state index contributed by atoms with van der Waals surface area (Å²) in [6.07, 6.45) is 0.730. The number of nitrogens with zero attached hydrogens (tertiary/aromatic N) is 2. The third-order valence-electron chi connectivity index (χ3n) is 4.53. The van der Waals surface area contributed by atoms with Crippen molar-refractivity contribution < 1.29 is 9.53 Å². The van der Waals surface area contributed by atoms with Gasteiger partial charge in [0.25, 0.3) is 0 Å². The summed E-state index contributed by atoms with van der Waals surface area (Å²) in [5.41, 5.74) is 5.19. The molecule has 1 aliphatic carbocycles. The third-order valence-corrected chi connectivity index (χ3v) is 5.92. The van der Waals surface area contributed by atoms with Crippen LogP contribution in [0.4, 0.5) is 5.13 Å². The smallest absolute Gasteiger partial charge is 0.334 e. The molecule has 0 saturated carbocycles. The van der Waals surface area contributed by atoms with E-state index in [1.807, 2.05) is 32.8 Å². The summed E-state index contributed by atoms with van der Waals surface area (Å²) in [6.45, 7) is 6.32. The van der Waals surface area contributed by atoms with Crippen molar-refractivity contribution in [1.82, 2.24) is 4.98 Å². The molecule has 0 bridgehead atoms. The molecular weight excluding hydrogens is 332 g/mol. The Morgan fingerprint density at radius 3 is 2.56 bits per heavy atom. The fraction of sp³-hybridized carbons (Fsp3) is 0.400. The minimum absolute atomic E-state index is 0.00994. The predicted molar refractivity (Wildman–Crippen MR) is 103 cm³/mol. The van der Waals surface area contributed by atoms with Crippen LogP contribution >= 0.6 is 11.3 Å². The van der Waals surface area contributed by atoms with Crippen LogP contribution in [0.3, 0.4) is 0 Å². The van der Waals surface area contributed by atoms with Crippen LogP contribution in [0.15, 0.2) is 29.8 Å². The summed E-state index contributed by atoms with van der Waals surface area (Å²) >= 11 is 1.64. The molecule has 0 spiro atoms. The third kappa shape index (κ3) is 3.33. The van der Waals surface area contributed by atoms with E-state index in [-0.39, 0.29) is 11.9 Å². The quantitative estimate of drug-likeness (QED) is 0.770. The van der Waals surface area contributed by atoms with Crippen molar-refractivity contribution in [1.29, 1.82) is 0 Å². The van der Waals surface area contributed by atoms with Gasteiger partial charge in [0, 0.05) is 32.0 Å². The molecule has 1 aromatic carbocycles. The van der Waals surface area contributed by atoms with Gasteiger partial charge in [-0.3, -0.25) is 0 Å². The van der Waals surface area contributed by atoms with Gasteiger partial charge in [0.2, 0.25) is 0 Å². The van der Waals surface area contributed by atoms with Gasteiger partial charge < -0.3 is 9.64 Å². The number of aryl methyl sites for hydroxylation is 1. The van der Waals surface area contributed by atoms with Gasteiger partial charge >= 0.3 is 5.97 Å². The Morgan fingerprint density at radius 2 is 1.96 bits per heavy atom. The van der Waals surface area contributed by atoms with E-state index in [1.165, 1.54) is 5.56 Å². The summed E-state index contributed by atoms with van der Waals surface area (Å²) in [6, 6.07) is 8.40. The van der Waals surface area contributed by atoms with E-state index >= 15 is 0 Å². The Hall–Kier alpha value is -2.14. The first-order chi connectivity index (χ1) is 11.9. The average Bonchev–Trinajstić information content (AvgIpc) is 3.00. The second-order valence-corrected chi connectivity index (χ2v) is 7.57. The number of esters is 1. The maximum absolute atomic E-state index is 12.7. The van der Waals surface area contributed by atoms with E-state index in [0.29, 0.717) is 6.61 Å². The number of hydrogen-bond acceptors (Lipinski definition) is 5.